The van der Waals surface area contributed by atoms with Crippen LogP contribution < -0.4 is 15.8 Å². The summed E-state index contributed by atoms with van der Waals surface area (Å²) in [7, 11) is 0. The molecule has 0 fully saturated rings. The van der Waals surface area contributed by atoms with Crippen molar-refractivity contribution in [3.63, 3.8) is 0 Å². The molecule has 1 aromatic rings. The summed E-state index contributed by atoms with van der Waals surface area (Å²) in [5.41, 5.74) is 5.91. The van der Waals surface area contributed by atoms with Gasteiger partial charge in [-0.1, -0.05) is 20.8 Å². The predicted molar refractivity (Wildman–Crippen MR) is 103 cm³/mol. The Labute approximate surface area is 157 Å². The summed E-state index contributed by atoms with van der Waals surface area (Å²) in [5.74, 6) is 0.777. The van der Waals surface area contributed by atoms with Crippen LogP contribution in [0.1, 0.15) is 57.3 Å². The lowest BCUT2D eigenvalue weighted by Gasteiger charge is -2.33. The Kier molecular flexibility index (Phi) is 10.4. The fourth-order valence-electron chi connectivity index (χ4n) is 2.14. The average molecular weight is 371 g/mol. The molecule has 0 heterocycles. The first kappa shape index (κ1) is 23.4. The Hall–Kier alpha value is -1.59. The monoisotopic (exact) mass is 370 g/mol. The van der Waals surface area contributed by atoms with Crippen LogP contribution in [0.15, 0.2) is 24.3 Å². The molecule has 1 amide bonds. The van der Waals surface area contributed by atoms with E-state index in [9.17, 15) is 9.59 Å². The SMILES string of the molecule is CCCOc1ccc(C(=O)CCC(=O)NC(C)(CN)C(C)C)cc1.Cl. The molecule has 0 radical (unpaired) electrons. The zero-order valence-electron chi connectivity index (χ0n) is 15.6. The van der Waals surface area contributed by atoms with Gasteiger partial charge in [0.15, 0.2) is 5.78 Å². The number of amides is 1. The van der Waals surface area contributed by atoms with E-state index in [4.69, 9.17) is 10.5 Å². The van der Waals surface area contributed by atoms with Crippen molar-refractivity contribution in [2.45, 2.75) is 52.5 Å². The Morgan fingerprint density at radius 3 is 2.28 bits per heavy atom. The number of nitrogens with one attached hydrogen (secondary N) is 1. The topological polar surface area (TPSA) is 81.4 Å². The van der Waals surface area contributed by atoms with Crippen LogP contribution in [0, 0.1) is 5.92 Å². The van der Waals surface area contributed by atoms with Gasteiger partial charge in [0.25, 0.3) is 0 Å². The molecule has 0 spiro atoms. The van der Waals surface area contributed by atoms with Crippen molar-refractivity contribution in [1.29, 1.82) is 0 Å². The first-order chi connectivity index (χ1) is 11.3. The van der Waals surface area contributed by atoms with E-state index in [1.807, 2.05) is 27.7 Å². The van der Waals surface area contributed by atoms with Gasteiger partial charge in [0.2, 0.25) is 5.91 Å². The fraction of sp³-hybridized carbons (Fsp3) is 0.579. The second kappa shape index (κ2) is 11.1. The molecule has 25 heavy (non-hydrogen) atoms. The largest absolute Gasteiger partial charge is 0.494 e. The van der Waals surface area contributed by atoms with Crippen LogP contribution in [-0.4, -0.2) is 30.4 Å². The van der Waals surface area contributed by atoms with Gasteiger partial charge in [0.05, 0.1) is 12.1 Å². The highest BCUT2D eigenvalue weighted by Crippen LogP contribution is 2.16. The minimum absolute atomic E-state index is 0. The smallest absolute Gasteiger partial charge is 0.220 e. The summed E-state index contributed by atoms with van der Waals surface area (Å²) in [6, 6.07) is 7.05. The van der Waals surface area contributed by atoms with E-state index < -0.39 is 5.54 Å². The molecule has 0 aromatic heterocycles. The molecular weight excluding hydrogens is 340 g/mol. The lowest BCUT2D eigenvalue weighted by molar-refractivity contribution is -0.123. The van der Waals surface area contributed by atoms with Crippen LogP contribution >= 0.6 is 12.4 Å². The first-order valence-corrected chi connectivity index (χ1v) is 8.59. The molecule has 0 saturated heterocycles. The van der Waals surface area contributed by atoms with Crippen molar-refractivity contribution in [2.75, 3.05) is 13.2 Å². The maximum Gasteiger partial charge on any atom is 0.220 e. The maximum absolute atomic E-state index is 12.2. The number of hydrogen-bond donors (Lipinski definition) is 2. The number of benzene rings is 1. The second-order valence-electron chi connectivity index (χ2n) is 6.62. The number of hydrogen-bond acceptors (Lipinski definition) is 4. The zero-order chi connectivity index (χ0) is 18.2. The lowest BCUT2D eigenvalue weighted by Crippen LogP contribution is -2.55. The van der Waals surface area contributed by atoms with E-state index in [1.54, 1.807) is 24.3 Å². The van der Waals surface area contributed by atoms with Crippen LogP contribution in [0.2, 0.25) is 0 Å². The summed E-state index contributed by atoms with van der Waals surface area (Å²) in [6.45, 7) is 9.01. The third kappa shape index (κ3) is 7.45. The van der Waals surface area contributed by atoms with E-state index in [0.717, 1.165) is 12.2 Å². The molecule has 1 unspecified atom stereocenters. The van der Waals surface area contributed by atoms with E-state index in [1.165, 1.54) is 0 Å². The Balaban J connectivity index is 0.00000576. The quantitative estimate of drug-likeness (QED) is 0.619. The minimum Gasteiger partial charge on any atom is -0.494 e. The van der Waals surface area contributed by atoms with Crippen LogP contribution in [0.4, 0.5) is 0 Å². The number of carbonyl (C=O) groups is 2. The molecule has 1 atom stereocenters. The summed E-state index contributed by atoms with van der Waals surface area (Å²) in [6.07, 6.45) is 1.28. The van der Waals surface area contributed by atoms with Gasteiger partial charge in [0.1, 0.15) is 5.75 Å². The van der Waals surface area contributed by atoms with Gasteiger partial charge in [-0.15, -0.1) is 12.4 Å². The molecule has 1 rings (SSSR count). The number of ether oxygens (including phenoxy) is 1. The molecule has 3 N–H and O–H groups in total. The fourth-order valence-corrected chi connectivity index (χ4v) is 2.14. The van der Waals surface area contributed by atoms with Crippen LogP contribution in [0.25, 0.3) is 0 Å². The van der Waals surface area contributed by atoms with Crippen LogP contribution in [-0.2, 0) is 4.79 Å². The van der Waals surface area contributed by atoms with Crippen molar-refractivity contribution in [3.05, 3.63) is 29.8 Å². The number of ketones is 1. The van der Waals surface area contributed by atoms with Crippen molar-refractivity contribution in [1.82, 2.24) is 5.32 Å². The number of rotatable bonds is 10. The molecule has 5 nitrogen and oxygen atoms in total. The Bertz CT molecular complexity index is 546. The number of halogens is 1. The number of carbonyl (C=O) groups excluding carboxylic acids is 2. The van der Waals surface area contributed by atoms with Crippen molar-refractivity contribution in [3.8, 4) is 5.75 Å². The highest BCUT2D eigenvalue weighted by molar-refractivity contribution is 5.98. The Morgan fingerprint density at radius 2 is 1.80 bits per heavy atom. The average Bonchev–Trinajstić information content (AvgIpc) is 2.58. The van der Waals surface area contributed by atoms with Gasteiger partial charge >= 0.3 is 0 Å². The summed E-state index contributed by atoms with van der Waals surface area (Å²) >= 11 is 0. The van der Waals surface area contributed by atoms with Gasteiger partial charge in [-0.3, -0.25) is 9.59 Å². The van der Waals surface area contributed by atoms with Gasteiger partial charge in [-0.25, -0.2) is 0 Å². The molecule has 0 aliphatic heterocycles. The van der Waals surface area contributed by atoms with Crippen molar-refractivity contribution >= 4 is 24.1 Å². The molecule has 1 aromatic carbocycles. The third-order valence-corrected chi connectivity index (χ3v) is 4.35. The zero-order valence-corrected chi connectivity index (χ0v) is 16.4. The van der Waals surface area contributed by atoms with Gasteiger partial charge in [-0.05, 0) is 43.5 Å². The molecule has 142 valence electrons. The number of nitrogens with two attached hydrogens (primary N) is 1. The van der Waals surface area contributed by atoms with Crippen molar-refractivity contribution < 1.29 is 14.3 Å². The lowest BCUT2D eigenvalue weighted by atomic mass is 9.88. The molecule has 6 heteroatoms. The van der Waals surface area contributed by atoms with Gasteiger partial charge in [-0.2, -0.15) is 0 Å². The van der Waals surface area contributed by atoms with E-state index in [2.05, 4.69) is 5.32 Å². The second-order valence-corrected chi connectivity index (χ2v) is 6.62. The van der Waals surface area contributed by atoms with Gasteiger partial charge < -0.3 is 15.8 Å². The Morgan fingerprint density at radius 1 is 1.20 bits per heavy atom. The van der Waals surface area contributed by atoms with Crippen molar-refractivity contribution in [2.24, 2.45) is 11.7 Å². The third-order valence-electron chi connectivity index (χ3n) is 4.35. The normalized spacial score (nSPS) is 12.9. The summed E-state index contributed by atoms with van der Waals surface area (Å²) in [4.78, 5) is 24.3. The molecule has 0 aliphatic rings. The highest BCUT2D eigenvalue weighted by Gasteiger charge is 2.28. The van der Waals surface area contributed by atoms with E-state index >= 15 is 0 Å². The van der Waals surface area contributed by atoms with E-state index in [-0.39, 0.29) is 42.9 Å². The highest BCUT2D eigenvalue weighted by atomic mass is 35.5. The van der Waals surface area contributed by atoms with Crippen LogP contribution in [0.5, 0.6) is 5.75 Å². The summed E-state index contributed by atoms with van der Waals surface area (Å²) < 4.78 is 5.49. The number of Topliss-reactive ketones (excluding diaryl/α,β-unsaturated/α-hetero) is 1. The van der Waals surface area contributed by atoms with Crippen LogP contribution in [0.3, 0.4) is 0 Å². The standard InChI is InChI=1S/C19H30N2O3.ClH/c1-5-12-24-16-8-6-15(7-9-16)17(22)10-11-18(23)21-19(4,13-20)14(2)3;/h6-9,14H,5,10-13,20H2,1-4H3,(H,21,23);1H. The van der Waals surface area contributed by atoms with Gasteiger partial charge in [0, 0.05) is 24.9 Å². The molecular formula is C19H31ClN2O3. The maximum atomic E-state index is 12.2. The molecule has 0 bridgehead atoms. The molecule has 0 aliphatic carbocycles. The predicted octanol–water partition coefficient (Wildman–Crippen LogP) is 3.35. The minimum atomic E-state index is -0.446. The van der Waals surface area contributed by atoms with E-state index in [0.29, 0.717) is 18.7 Å². The first-order valence-electron chi connectivity index (χ1n) is 8.59. The molecule has 0 saturated carbocycles. The summed E-state index contributed by atoms with van der Waals surface area (Å²) in [5, 5.41) is 2.95.